The maximum absolute atomic E-state index is 12.8. The molecule has 0 spiro atoms. The van der Waals surface area contributed by atoms with E-state index < -0.39 is 10.0 Å². The van der Waals surface area contributed by atoms with Crippen LogP contribution in [0, 0.1) is 6.92 Å². The molecule has 7 heteroatoms. The smallest absolute Gasteiger partial charge is 0.227 e. The number of fused-ring (bicyclic) bond motifs is 1. The van der Waals surface area contributed by atoms with Crippen LogP contribution in [0.4, 0.5) is 0 Å². The van der Waals surface area contributed by atoms with Crippen molar-refractivity contribution in [3.05, 3.63) is 35.5 Å². The summed E-state index contributed by atoms with van der Waals surface area (Å²) in [4.78, 5) is 17.9. The Balaban J connectivity index is 1.72. The number of carbonyl (C=O) groups excluding carboxylic acids is 1. The van der Waals surface area contributed by atoms with Crippen molar-refractivity contribution in [3.8, 4) is 0 Å². The lowest BCUT2D eigenvalue weighted by atomic mass is 10.1. The zero-order chi connectivity index (χ0) is 18.0. The van der Waals surface area contributed by atoms with E-state index in [1.807, 2.05) is 31.2 Å². The third kappa shape index (κ3) is 3.72. The predicted octanol–water partition coefficient (Wildman–Crippen LogP) is 1.90. The molecule has 25 heavy (non-hydrogen) atoms. The van der Waals surface area contributed by atoms with Crippen LogP contribution in [-0.2, 0) is 21.2 Å². The molecule has 0 saturated carbocycles. The lowest BCUT2D eigenvalue weighted by Gasteiger charge is -2.21. The van der Waals surface area contributed by atoms with Crippen LogP contribution < -0.4 is 0 Å². The van der Waals surface area contributed by atoms with E-state index >= 15 is 0 Å². The number of amides is 1. The number of para-hydroxylation sites is 1. The van der Waals surface area contributed by atoms with Crippen molar-refractivity contribution in [3.63, 3.8) is 0 Å². The van der Waals surface area contributed by atoms with E-state index in [2.05, 4.69) is 4.98 Å². The van der Waals surface area contributed by atoms with Gasteiger partial charge in [0.05, 0.1) is 12.2 Å². The SMILES string of the molecule is CCS(=O)(=O)N1CCCN(C(=O)Cc2c(C)[nH]c3ccccc23)CC1. The van der Waals surface area contributed by atoms with Crippen molar-refractivity contribution < 1.29 is 13.2 Å². The Bertz CT molecular complexity index is 873. The number of nitrogens with one attached hydrogen (secondary N) is 1. The van der Waals surface area contributed by atoms with Gasteiger partial charge in [-0.3, -0.25) is 4.79 Å². The first-order valence-corrected chi connectivity index (χ1v) is 10.3. The lowest BCUT2D eigenvalue weighted by molar-refractivity contribution is -0.130. The quantitative estimate of drug-likeness (QED) is 0.902. The van der Waals surface area contributed by atoms with Crippen LogP contribution in [0.2, 0.25) is 0 Å². The molecule has 2 aromatic rings. The number of aromatic amines is 1. The molecule has 2 heterocycles. The number of H-pyrrole nitrogens is 1. The van der Waals surface area contributed by atoms with Gasteiger partial charge in [-0.15, -0.1) is 0 Å². The Morgan fingerprint density at radius 3 is 2.68 bits per heavy atom. The Labute approximate surface area is 148 Å². The number of benzene rings is 1. The Morgan fingerprint density at radius 1 is 1.16 bits per heavy atom. The molecule has 1 aromatic carbocycles. The second-order valence-electron chi connectivity index (χ2n) is 6.48. The van der Waals surface area contributed by atoms with Crippen LogP contribution in [0.5, 0.6) is 0 Å². The van der Waals surface area contributed by atoms with Crippen molar-refractivity contribution >= 4 is 26.8 Å². The second kappa shape index (κ2) is 7.17. The summed E-state index contributed by atoms with van der Waals surface area (Å²) in [6.45, 7) is 5.58. The van der Waals surface area contributed by atoms with E-state index in [0.717, 1.165) is 22.2 Å². The number of sulfonamides is 1. The number of hydrogen-bond acceptors (Lipinski definition) is 3. The molecular formula is C18H25N3O3S. The minimum atomic E-state index is -3.19. The highest BCUT2D eigenvalue weighted by Crippen LogP contribution is 2.23. The van der Waals surface area contributed by atoms with Crippen molar-refractivity contribution in [1.29, 1.82) is 0 Å². The largest absolute Gasteiger partial charge is 0.358 e. The molecule has 1 amide bonds. The number of nitrogens with zero attached hydrogens (tertiary/aromatic N) is 2. The summed E-state index contributed by atoms with van der Waals surface area (Å²) in [5.74, 6) is 0.166. The Kier molecular flexibility index (Phi) is 5.15. The summed E-state index contributed by atoms with van der Waals surface area (Å²) < 4.78 is 25.6. The molecule has 0 bridgehead atoms. The number of hydrogen-bond donors (Lipinski definition) is 1. The van der Waals surface area contributed by atoms with Crippen LogP contribution >= 0.6 is 0 Å². The Morgan fingerprint density at radius 2 is 1.92 bits per heavy atom. The van der Waals surface area contributed by atoms with Gasteiger partial charge in [-0.2, -0.15) is 0 Å². The third-order valence-electron chi connectivity index (χ3n) is 4.92. The zero-order valence-corrected chi connectivity index (χ0v) is 15.6. The first kappa shape index (κ1) is 17.9. The van der Waals surface area contributed by atoms with Crippen molar-refractivity contribution in [2.45, 2.75) is 26.7 Å². The van der Waals surface area contributed by atoms with Gasteiger partial charge in [0, 0.05) is 42.8 Å². The fourth-order valence-electron chi connectivity index (χ4n) is 3.43. The second-order valence-corrected chi connectivity index (χ2v) is 8.74. The molecule has 0 aliphatic carbocycles. The standard InChI is InChI=1S/C18H25N3O3S/c1-3-25(23,24)21-10-6-9-20(11-12-21)18(22)13-16-14(2)19-17-8-5-4-7-15(16)17/h4-5,7-8,19H,3,6,9-13H2,1-2H3. The molecule has 1 aromatic heterocycles. The van der Waals surface area contributed by atoms with E-state index in [-0.39, 0.29) is 11.7 Å². The molecule has 0 atom stereocenters. The van der Waals surface area contributed by atoms with Crippen molar-refractivity contribution in [1.82, 2.24) is 14.2 Å². The summed E-state index contributed by atoms with van der Waals surface area (Å²) in [5.41, 5.74) is 3.08. The average Bonchev–Trinajstić information content (AvgIpc) is 2.78. The molecule has 1 saturated heterocycles. The van der Waals surface area contributed by atoms with Gasteiger partial charge in [-0.05, 0) is 31.9 Å². The van der Waals surface area contributed by atoms with Gasteiger partial charge in [-0.1, -0.05) is 18.2 Å². The molecule has 1 fully saturated rings. The normalized spacial score (nSPS) is 17.0. The van der Waals surface area contributed by atoms with E-state index in [9.17, 15) is 13.2 Å². The lowest BCUT2D eigenvalue weighted by Crippen LogP contribution is -2.38. The number of aryl methyl sites for hydroxylation is 1. The monoisotopic (exact) mass is 363 g/mol. The molecular weight excluding hydrogens is 338 g/mol. The molecule has 3 rings (SSSR count). The predicted molar refractivity (Wildman–Crippen MR) is 99.0 cm³/mol. The minimum Gasteiger partial charge on any atom is -0.358 e. The van der Waals surface area contributed by atoms with E-state index in [1.54, 1.807) is 11.8 Å². The third-order valence-corrected chi connectivity index (χ3v) is 6.80. The fraction of sp³-hybridized carbons (Fsp3) is 0.500. The number of rotatable bonds is 4. The molecule has 6 nitrogen and oxygen atoms in total. The molecule has 1 N–H and O–H groups in total. The van der Waals surface area contributed by atoms with Gasteiger partial charge in [0.2, 0.25) is 15.9 Å². The Hall–Kier alpha value is -1.86. The van der Waals surface area contributed by atoms with Gasteiger partial charge in [0.15, 0.2) is 0 Å². The van der Waals surface area contributed by atoms with E-state index in [4.69, 9.17) is 0 Å². The molecule has 1 aliphatic heterocycles. The van der Waals surface area contributed by atoms with Crippen LogP contribution in [0.15, 0.2) is 24.3 Å². The highest BCUT2D eigenvalue weighted by molar-refractivity contribution is 7.89. The highest BCUT2D eigenvalue weighted by Gasteiger charge is 2.26. The van der Waals surface area contributed by atoms with Crippen molar-refractivity contribution in [2.75, 3.05) is 31.9 Å². The van der Waals surface area contributed by atoms with Gasteiger partial charge in [0.1, 0.15) is 0 Å². The van der Waals surface area contributed by atoms with Gasteiger partial charge in [0.25, 0.3) is 0 Å². The number of aromatic nitrogens is 1. The molecule has 0 unspecified atom stereocenters. The molecule has 136 valence electrons. The van der Waals surface area contributed by atoms with E-state index in [0.29, 0.717) is 39.0 Å². The van der Waals surface area contributed by atoms with Crippen LogP contribution in [0.25, 0.3) is 10.9 Å². The van der Waals surface area contributed by atoms with Crippen LogP contribution in [-0.4, -0.2) is 60.4 Å². The zero-order valence-electron chi connectivity index (χ0n) is 14.8. The van der Waals surface area contributed by atoms with Gasteiger partial charge < -0.3 is 9.88 Å². The van der Waals surface area contributed by atoms with Gasteiger partial charge >= 0.3 is 0 Å². The minimum absolute atomic E-state index is 0.0589. The highest BCUT2D eigenvalue weighted by atomic mass is 32.2. The maximum Gasteiger partial charge on any atom is 0.227 e. The molecule has 1 aliphatic rings. The average molecular weight is 363 g/mol. The van der Waals surface area contributed by atoms with Crippen LogP contribution in [0.3, 0.4) is 0 Å². The maximum atomic E-state index is 12.8. The number of carbonyl (C=O) groups is 1. The summed E-state index contributed by atoms with van der Waals surface area (Å²) >= 11 is 0. The van der Waals surface area contributed by atoms with Crippen LogP contribution in [0.1, 0.15) is 24.6 Å². The summed E-state index contributed by atoms with van der Waals surface area (Å²) in [7, 11) is -3.19. The van der Waals surface area contributed by atoms with Gasteiger partial charge in [-0.25, -0.2) is 12.7 Å². The van der Waals surface area contributed by atoms with Crippen molar-refractivity contribution in [2.24, 2.45) is 0 Å². The topological polar surface area (TPSA) is 73.5 Å². The first-order chi connectivity index (χ1) is 11.9. The fourth-order valence-corrected chi connectivity index (χ4v) is 4.56. The molecule has 0 radical (unpaired) electrons. The summed E-state index contributed by atoms with van der Waals surface area (Å²) in [6, 6.07) is 7.99. The first-order valence-electron chi connectivity index (χ1n) is 8.74. The summed E-state index contributed by atoms with van der Waals surface area (Å²) in [5, 5.41) is 1.08. The van der Waals surface area contributed by atoms with E-state index in [1.165, 1.54) is 4.31 Å². The summed E-state index contributed by atoms with van der Waals surface area (Å²) in [6.07, 6.45) is 1.02.